The third-order valence-corrected chi connectivity index (χ3v) is 3.51. The Hall–Kier alpha value is -1.45. The Morgan fingerprint density at radius 1 is 1.18 bits per heavy atom. The third kappa shape index (κ3) is 2.04. The van der Waals surface area contributed by atoms with Gasteiger partial charge in [-0.1, -0.05) is 0 Å². The molecular weight excluding hydrogens is 222 g/mol. The van der Waals surface area contributed by atoms with Gasteiger partial charge in [0.25, 0.3) is 0 Å². The fourth-order valence-corrected chi connectivity index (χ4v) is 2.72. The Labute approximate surface area is 99.0 Å². The van der Waals surface area contributed by atoms with E-state index in [1.54, 1.807) is 0 Å². The predicted molar refractivity (Wildman–Crippen MR) is 62.2 cm³/mol. The lowest BCUT2D eigenvalue weighted by Crippen LogP contribution is -2.27. The van der Waals surface area contributed by atoms with Gasteiger partial charge < -0.3 is 4.90 Å². The molecule has 17 heavy (non-hydrogen) atoms. The third-order valence-electron chi connectivity index (χ3n) is 3.51. The summed E-state index contributed by atoms with van der Waals surface area (Å²) in [4.78, 5) is 6.35. The van der Waals surface area contributed by atoms with Gasteiger partial charge in [0.05, 0.1) is 12.9 Å². The van der Waals surface area contributed by atoms with Crippen LogP contribution in [0.4, 0.5) is 8.78 Å². The van der Waals surface area contributed by atoms with Crippen LogP contribution in [-0.2, 0) is 12.8 Å². The van der Waals surface area contributed by atoms with E-state index in [9.17, 15) is 8.78 Å². The van der Waals surface area contributed by atoms with Gasteiger partial charge in [0, 0.05) is 13.1 Å². The molecule has 0 radical (unpaired) electrons. The molecule has 0 saturated heterocycles. The van der Waals surface area contributed by atoms with Gasteiger partial charge in [-0.2, -0.15) is 0 Å². The molecule has 0 amide bonds. The minimum Gasteiger partial charge on any atom is -0.361 e. The zero-order valence-corrected chi connectivity index (χ0v) is 9.50. The number of nitrogens with zero attached hydrogens (tertiary/aromatic N) is 2. The van der Waals surface area contributed by atoms with Crippen LogP contribution in [0.25, 0.3) is 0 Å². The topological polar surface area (TPSA) is 15.6 Å². The number of halogens is 2. The zero-order chi connectivity index (χ0) is 11.8. The summed E-state index contributed by atoms with van der Waals surface area (Å²) < 4.78 is 26.2. The highest BCUT2D eigenvalue weighted by Gasteiger charge is 2.25. The van der Waals surface area contributed by atoms with Crippen LogP contribution in [-0.4, -0.2) is 30.9 Å². The second-order valence-corrected chi connectivity index (χ2v) is 4.83. The average molecular weight is 236 g/mol. The van der Waals surface area contributed by atoms with Crippen LogP contribution in [0.1, 0.15) is 11.1 Å². The van der Waals surface area contributed by atoms with Crippen LogP contribution < -0.4 is 0 Å². The molecule has 0 fully saturated rings. The van der Waals surface area contributed by atoms with Gasteiger partial charge in [0.15, 0.2) is 11.6 Å². The fraction of sp³-hybridized carbons (Fsp3) is 0.462. The summed E-state index contributed by atoms with van der Waals surface area (Å²) >= 11 is 0. The van der Waals surface area contributed by atoms with E-state index < -0.39 is 11.6 Å². The first-order valence-corrected chi connectivity index (χ1v) is 5.93. The lowest BCUT2D eigenvalue weighted by molar-refractivity contribution is 0.374. The molecule has 0 saturated carbocycles. The normalized spacial score (nSPS) is 19.1. The smallest absolute Gasteiger partial charge is 0.159 e. The minimum absolute atomic E-state index is 0.454. The fourth-order valence-electron chi connectivity index (χ4n) is 2.72. The van der Waals surface area contributed by atoms with Crippen molar-refractivity contribution < 1.29 is 8.78 Å². The van der Waals surface area contributed by atoms with E-state index in [0.717, 1.165) is 43.6 Å². The first-order valence-electron chi connectivity index (χ1n) is 5.93. The number of fused-ring (bicyclic) bond motifs is 1. The maximum absolute atomic E-state index is 13.1. The Kier molecular flexibility index (Phi) is 2.57. The van der Waals surface area contributed by atoms with Crippen molar-refractivity contribution in [2.45, 2.75) is 12.8 Å². The zero-order valence-electron chi connectivity index (χ0n) is 9.50. The second kappa shape index (κ2) is 4.09. The summed E-state index contributed by atoms with van der Waals surface area (Å²) in [5, 5.41) is 0. The van der Waals surface area contributed by atoms with Gasteiger partial charge in [-0.25, -0.2) is 8.78 Å². The van der Waals surface area contributed by atoms with Crippen molar-refractivity contribution in [3.8, 4) is 0 Å². The average Bonchev–Trinajstić information content (AvgIpc) is 2.89. The molecule has 1 heterocycles. The molecule has 3 rings (SSSR count). The highest BCUT2D eigenvalue weighted by molar-refractivity contribution is 5.57. The molecule has 0 N–H and O–H groups in total. The molecule has 1 aliphatic carbocycles. The second-order valence-electron chi connectivity index (χ2n) is 4.83. The summed E-state index contributed by atoms with van der Waals surface area (Å²) in [6, 6.07) is 2.70. The lowest BCUT2D eigenvalue weighted by Gasteiger charge is -2.18. The molecular formula is C13H14F2N2. The van der Waals surface area contributed by atoms with Crippen molar-refractivity contribution in [1.82, 2.24) is 4.90 Å². The number of aliphatic imine (C=N–C) groups is 1. The SMILES string of the molecule is Fc1cc2c(cc1F)CC(CN1C=NCC1)C2. The molecule has 1 aromatic carbocycles. The van der Waals surface area contributed by atoms with E-state index in [0.29, 0.717) is 5.92 Å². The van der Waals surface area contributed by atoms with Crippen LogP contribution >= 0.6 is 0 Å². The maximum atomic E-state index is 13.1. The first kappa shape index (κ1) is 10.7. The van der Waals surface area contributed by atoms with E-state index >= 15 is 0 Å². The summed E-state index contributed by atoms with van der Waals surface area (Å²) in [6.45, 7) is 2.76. The van der Waals surface area contributed by atoms with Crippen molar-refractivity contribution >= 4 is 6.34 Å². The first-order chi connectivity index (χ1) is 8.22. The van der Waals surface area contributed by atoms with Crippen molar-refractivity contribution in [2.75, 3.05) is 19.6 Å². The van der Waals surface area contributed by atoms with Gasteiger partial charge >= 0.3 is 0 Å². The Bertz CT molecular complexity index is 440. The summed E-state index contributed by atoms with van der Waals surface area (Å²) in [6.07, 6.45) is 3.57. The monoisotopic (exact) mass is 236 g/mol. The number of hydrogen-bond acceptors (Lipinski definition) is 2. The van der Waals surface area contributed by atoms with Crippen molar-refractivity contribution in [2.24, 2.45) is 10.9 Å². The predicted octanol–water partition coefficient (Wildman–Crippen LogP) is 2.02. The molecule has 1 aliphatic heterocycles. The molecule has 0 spiro atoms. The van der Waals surface area contributed by atoms with E-state index in [2.05, 4.69) is 9.89 Å². The van der Waals surface area contributed by atoms with E-state index in [4.69, 9.17) is 0 Å². The molecule has 4 heteroatoms. The minimum atomic E-state index is -0.730. The van der Waals surface area contributed by atoms with Gasteiger partial charge in [-0.3, -0.25) is 4.99 Å². The molecule has 0 unspecified atom stereocenters. The maximum Gasteiger partial charge on any atom is 0.159 e. The summed E-state index contributed by atoms with van der Waals surface area (Å²) in [5.41, 5.74) is 1.93. The van der Waals surface area contributed by atoms with Crippen LogP contribution in [0.5, 0.6) is 0 Å². The Morgan fingerprint density at radius 2 is 1.82 bits per heavy atom. The summed E-state index contributed by atoms with van der Waals surface area (Å²) in [5.74, 6) is -1.00. The standard InChI is InChI=1S/C13H14F2N2/c14-12-5-10-3-9(4-11(10)6-13(12)15)7-17-2-1-16-8-17/h5-6,8-9H,1-4,7H2. The largest absolute Gasteiger partial charge is 0.361 e. The van der Waals surface area contributed by atoms with Gasteiger partial charge in [0.2, 0.25) is 0 Å². The highest BCUT2D eigenvalue weighted by Crippen LogP contribution is 2.29. The Balaban J connectivity index is 1.72. The summed E-state index contributed by atoms with van der Waals surface area (Å²) in [7, 11) is 0. The van der Waals surface area contributed by atoms with Crippen LogP contribution in [0.3, 0.4) is 0 Å². The number of hydrogen-bond donors (Lipinski definition) is 0. The van der Waals surface area contributed by atoms with E-state index in [1.165, 1.54) is 12.1 Å². The van der Waals surface area contributed by atoms with Gasteiger partial charge in [0.1, 0.15) is 0 Å². The lowest BCUT2D eigenvalue weighted by atomic mass is 10.1. The van der Waals surface area contributed by atoms with E-state index in [-0.39, 0.29) is 0 Å². The molecule has 0 atom stereocenters. The Morgan fingerprint density at radius 3 is 2.35 bits per heavy atom. The molecule has 1 aromatic rings. The van der Waals surface area contributed by atoms with Crippen molar-refractivity contribution in [1.29, 1.82) is 0 Å². The van der Waals surface area contributed by atoms with Crippen LogP contribution in [0.2, 0.25) is 0 Å². The molecule has 2 nitrogen and oxygen atoms in total. The van der Waals surface area contributed by atoms with E-state index in [1.807, 2.05) is 6.34 Å². The molecule has 90 valence electrons. The number of benzene rings is 1. The molecule has 2 aliphatic rings. The van der Waals surface area contributed by atoms with Gasteiger partial charge in [-0.15, -0.1) is 0 Å². The molecule has 0 bridgehead atoms. The number of rotatable bonds is 2. The van der Waals surface area contributed by atoms with Crippen molar-refractivity contribution in [3.05, 3.63) is 34.9 Å². The quantitative estimate of drug-likeness (QED) is 0.767. The van der Waals surface area contributed by atoms with Crippen LogP contribution in [0.15, 0.2) is 17.1 Å². The highest BCUT2D eigenvalue weighted by atomic mass is 19.2. The molecule has 0 aromatic heterocycles. The van der Waals surface area contributed by atoms with Crippen molar-refractivity contribution in [3.63, 3.8) is 0 Å². The van der Waals surface area contributed by atoms with Gasteiger partial charge in [-0.05, 0) is 42.0 Å². The van der Waals surface area contributed by atoms with Crippen LogP contribution in [0, 0.1) is 17.6 Å².